The lowest BCUT2D eigenvalue weighted by Crippen LogP contribution is -2.31. The first-order valence-corrected chi connectivity index (χ1v) is 10.1. The molecular weight excluding hydrogens is 420 g/mol. The van der Waals surface area contributed by atoms with Gasteiger partial charge < -0.3 is 29.6 Å². The highest BCUT2D eigenvalue weighted by molar-refractivity contribution is 5.85. The largest absolute Gasteiger partial charge is 0.491 e. The van der Waals surface area contributed by atoms with Crippen molar-refractivity contribution in [1.29, 1.82) is 0 Å². The summed E-state index contributed by atoms with van der Waals surface area (Å²) in [7, 11) is 0. The zero-order chi connectivity index (χ0) is 21.3. The zero-order valence-corrected chi connectivity index (χ0v) is 18.5. The van der Waals surface area contributed by atoms with Crippen LogP contribution in [-0.2, 0) is 6.54 Å². The summed E-state index contributed by atoms with van der Waals surface area (Å²) >= 11 is 0. The summed E-state index contributed by atoms with van der Waals surface area (Å²) in [5, 5.41) is 14.3. The Bertz CT molecular complexity index is 1020. The zero-order valence-electron chi connectivity index (χ0n) is 17.7. The molecule has 3 rings (SSSR count). The summed E-state index contributed by atoms with van der Waals surface area (Å²) in [6.07, 6.45) is -0.662. The Kier molecular flexibility index (Phi) is 9.65. The van der Waals surface area contributed by atoms with E-state index in [1.807, 2.05) is 38.1 Å². The van der Waals surface area contributed by atoms with Crippen LogP contribution >= 0.6 is 12.4 Å². The monoisotopic (exact) mass is 448 g/mol. The molecule has 0 saturated carbocycles. The van der Waals surface area contributed by atoms with E-state index >= 15 is 0 Å². The number of benzene rings is 2. The number of aromatic amines is 1. The van der Waals surface area contributed by atoms with Gasteiger partial charge in [0.1, 0.15) is 18.5 Å². The second-order valence-corrected chi connectivity index (χ2v) is 6.81. The Labute approximate surface area is 187 Å². The number of H-pyrrole nitrogens is 1. The van der Waals surface area contributed by atoms with Crippen molar-refractivity contribution in [2.45, 2.75) is 26.5 Å². The van der Waals surface area contributed by atoms with Gasteiger partial charge in [0.15, 0.2) is 11.5 Å². The molecule has 3 aromatic rings. The number of aliphatic hydroxyl groups excluding tert-OH is 1. The number of hydrogen-bond acceptors (Lipinski definition) is 6. The highest BCUT2D eigenvalue weighted by Gasteiger charge is 2.08. The van der Waals surface area contributed by atoms with E-state index < -0.39 is 6.10 Å². The Morgan fingerprint density at radius 3 is 2.52 bits per heavy atom. The van der Waals surface area contributed by atoms with Crippen LogP contribution in [0.5, 0.6) is 17.2 Å². The van der Waals surface area contributed by atoms with Crippen LogP contribution in [0.15, 0.2) is 53.3 Å². The Morgan fingerprint density at radius 2 is 1.74 bits per heavy atom. The molecule has 0 unspecified atom stereocenters. The Balaban J connectivity index is 0.00000341. The molecule has 1 heterocycles. The molecular formula is C23H29ClN2O5. The number of aromatic nitrogens is 1. The number of aliphatic hydroxyl groups is 1. The number of nitrogens with one attached hydrogen (secondary N) is 2. The van der Waals surface area contributed by atoms with Crippen LogP contribution in [0.4, 0.5) is 0 Å². The first kappa shape index (κ1) is 24.5. The van der Waals surface area contributed by atoms with Gasteiger partial charge in [-0.1, -0.05) is 6.07 Å². The maximum Gasteiger partial charge on any atom is 0.248 e. The number of hydrogen-bond donors (Lipinski definition) is 3. The standard InChI is InChI=1S/C23H28N2O5.ClH/c1-3-28-21-9-5-16(11-22(21)29-4-2)13-24-14-18(26)15-30-19-7-8-20-17(12-19)6-10-23(27)25-20;/h5-12,18,24,26H,3-4,13-15H2,1-2H3,(H,25,27);1H/t18-;/m0./s1. The molecule has 0 aliphatic rings. The fourth-order valence-corrected chi connectivity index (χ4v) is 3.06. The van der Waals surface area contributed by atoms with E-state index in [9.17, 15) is 9.90 Å². The van der Waals surface area contributed by atoms with Crippen LogP contribution < -0.4 is 25.1 Å². The van der Waals surface area contributed by atoms with Gasteiger partial charge in [-0.25, -0.2) is 0 Å². The summed E-state index contributed by atoms with van der Waals surface area (Å²) < 4.78 is 16.9. The third kappa shape index (κ3) is 7.17. The minimum Gasteiger partial charge on any atom is -0.491 e. The van der Waals surface area contributed by atoms with Crippen LogP contribution in [0.25, 0.3) is 10.9 Å². The molecule has 1 aromatic heterocycles. The smallest absolute Gasteiger partial charge is 0.248 e. The molecule has 1 atom stereocenters. The number of pyridine rings is 1. The van der Waals surface area contributed by atoms with E-state index in [-0.39, 0.29) is 24.6 Å². The molecule has 0 fully saturated rings. The van der Waals surface area contributed by atoms with E-state index in [0.29, 0.717) is 32.1 Å². The van der Waals surface area contributed by atoms with Crippen LogP contribution in [0.3, 0.4) is 0 Å². The van der Waals surface area contributed by atoms with Gasteiger partial charge in [0.05, 0.1) is 13.2 Å². The van der Waals surface area contributed by atoms with Crippen molar-refractivity contribution in [3.05, 3.63) is 64.4 Å². The van der Waals surface area contributed by atoms with E-state index in [1.165, 1.54) is 6.07 Å². The predicted molar refractivity (Wildman–Crippen MR) is 124 cm³/mol. The summed E-state index contributed by atoms with van der Waals surface area (Å²) in [5.74, 6) is 2.10. The van der Waals surface area contributed by atoms with Gasteiger partial charge in [-0.3, -0.25) is 4.79 Å². The highest BCUT2D eigenvalue weighted by atomic mass is 35.5. The van der Waals surface area contributed by atoms with Crippen LogP contribution in [0.1, 0.15) is 19.4 Å². The number of halogens is 1. The van der Waals surface area contributed by atoms with Crippen molar-refractivity contribution in [1.82, 2.24) is 10.3 Å². The second kappa shape index (κ2) is 12.2. The third-order valence-corrected chi connectivity index (χ3v) is 4.45. The van der Waals surface area contributed by atoms with E-state index in [4.69, 9.17) is 14.2 Å². The van der Waals surface area contributed by atoms with Gasteiger partial charge >= 0.3 is 0 Å². The molecule has 0 bridgehead atoms. The summed E-state index contributed by atoms with van der Waals surface area (Å²) in [4.78, 5) is 14.1. The molecule has 7 nitrogen and oxygen atoms in total. The molecule has 0 aliphatic heterocycles. The molecule has 2 aromatic carbocycles. The molecule has 168 valence electrons. The van der Waals surface area contributed by atoms with Gasteiger partial charge in [-0.2, -0.15) is 0 Å². The van der Waals surface area contributed by atoms with Crippen LogP contribution in [0, 0.1) is 0 Å². The van der Waals surface area contributed by atoms with E-state index in [2.05, 4.69) is 10.3 Å². The minimum atomic E-state index is -0.662. The van der Waals surface area contributed by atoms with Crippen molar-refractivity contribution in [3.63, 3.8) is 0 Å². The average molecular weight is 449 g/mol. The summed E-state index contributed by atoms with van der Waals surface area (Å²) in [6.45, 7) is 6.16. The van der Waals surface area contributed by atoms with E-state index in [0.717, 1.165) is 28.0 Å². The normalized spacial score (nSPS) is 11.6. The number of fused-ring (bicyclic) bond motifs is 1. The van der Waals surface area contributed by atoms with Gasteiger partial charge in [0.25, 0.3) is 0 Å². The third-order valence-electron chi connectivity index (χ3n) is 4.45. The van der Waals surface area contributed by atoms with Crippen molar-refractivity contribution in [2.75, 3.05) is 26.4 Å². The second-order valence-electron chi connectivity index (χ2n) is 6.81. The molecule has 0 saturated heterocycles. The maximum atomic E-state index is 11.3. The molecule has 8 heteroatoms. The molecule has 31 heavy (non-hydrogen) atoms. The Hall–Kier alpha value is -2.74. The van der Waals surface area contributed by atoms with Crippen molar-refractivity contribution in [2.24, 2.45) is 0 Å². The predicted octanol–water partition coefficient (Wildman–Crippen LogP) is 3.28. The van der Waals surface area contributed by atoms with Gasteiger partial charge in [0.2, 0.25) is 5.56 Å². The lowest BCUT2D eigenvalue weighted by atomic mass is 10.2. The molecule has 0 aliphatic carbocycles. The van der Waals surface area contributed by atoms with Crippen molar-refractivity contribution in [3.8, 4) is 17.2 Å². The topological polar surface area (TPSA) is 92.8 Å². The van der Waals surface area contributed by atoms with Gasteiger partial charge in [-0.05, 0) is 55.8 Å². The van der Waals surface area contributed by atoms with Gasteiger partial charge in [-0.15, -0.1) is 12.4 Å². The van der Waals surface area contributed by atoms with Crippen LogP contribution in [0.2, 0.25) is 0 Å². The van der Waals surface area contributed by atoms with Crippen LogP contribution in [-0.4, -0.2) is 42.6 Å². The van der Waals surface area contributed by atoms with Crippen molar-refractivity contribution < 1.29 is 19.3 Å². The van der Waals surface area contributed by atoms with Gasteiger partial charge in [0, 0.05) is 30.1 Å². The first-order valence-electron chi connectivity index (χ1n) is 10.1. The molecule has 0 amide bonds. The number of ether oxygens (including phenoxy) is 3. The first-order chi connectivity index (χ1) is 14.6. The molecule has 3 N–H and O–H groups in total. The Morgan fingerprint density at radius 1 is 0.968 bits per heavy atom. The molecule has 0 radical (unpaired) electrons. The lowest BCUT2D eigenvalue weighted by molar-refractivity contribution is 0.106. The molecule has 0 spiro atoms. The fraction of sp³-hybridized carbons (Fsp3) is 0.348. The quantitative estimate of drug-likeness (QED) is 0.417. The fourth-order valence-electron chi connectivity index (χ4n) is 3.06. The van der Waals surface area contributed by atoms with Crippen molar-refractivity contribution >= 4 is 23.3 Å². The average Bonchev–Trinajstić information content (AvgIpc) is 2.74. The SMILES string of the molecule is CCOc1ccc(CNC[C@H](O)COc2ccc3[nH]c(=O)ccc3c2)cc1OCC.Cl. The van der Waals surface area contributed by atoms with E-state index in [1.54, 1.807) is 18.2 Å². The minimum absolute atomic E-state index is 0. The lowest BCUT2D eigenvalue weighted by Gasteiger charge is -2.15. The summed E-state index contributed by atoms with van der Waals surface area (Å²) in [5.41, 5.74) is 1.65. The summed E-state index contributed by atoms with van der Waals surface area (Å²) in [6, 6.07) is 14.4. The highest BCUT2D eigenvalue weighted by Crippen LogP contribution is 2.28. The maximum absolute atomic E-state index is 11.3. The number of rotatable bonds is 11.